The van der Waals surface area contributed by atoms with E-state index in [4.69, 9.17) is 4.74 Å². The van der Waals surface area contributed by atoms with Crippen LogP contribution in [-0.2, 0) is 16.1 Å². The highest BCUT2D eigenvalue weighted by molar-refractivity contribution is 9.10. The molecule has 0 radical (unpaired) electrons. The van der Waals surface area contributed by atoms with Crippen LogP contribution < -0.4 is 0 Å². The molecule has 0 aliphatic heterocycles. The molecular weight excluding hydrogens is 318 g/mol. The summed E-state index contributed by atoms with van der Waals surface area (Å²) < 4.78 is 6.03. The van der Waals surface area contributed by atoms with Gasteiger partial charge < -0.3 is 9.64 Å². The van der Waals surface area contributed by atoms with E-state index in [0.29, 0.717) is 13.0 Å². The molecule has 0 fully saturated rings. The lowest BCUT2D eigenvalue weighted by Gasteiger charge is -2.16. The van der Waals surface area contributed by atoms with Gasteiger partial charge in [-0.25, -0.2) is 0 Å². The van der Waals surface area contributed by atoms with Gasteiger partial charge >= 0.3 is 5.97 Å². The highest BCUT2D eigenvalue weighted by Gasteiger charge is 2.03. The number of benzene rings is 1. The van der Waals surface area contributed by atoms with E-state index in [1.54, 1.807) is 0 Å². The van der Waals surface area contributed by atoms with Crippen LogP contribution in [0.3, 0.4) is 0 Å². The molecule has 3 nitrogen and oxygen atoms in total. The summed E-state index contributed by atoms with van der Waals surface area (Å²) in [5.74, 6) is -0.0741. The number of esters is 1. The molecule has 0 heterocycles. The van der Waals surface area contributed by atoms with Crippen molar-refractivity contribution in [3.63, 3.8) is 0 Å². The molecule has 1 aromatic carbocycles. The van der Waals surface area contributed by atoms with Crippen LogP contribution in [0.5, 0.6) is 0 Å². The normalized spacial score (nSPS) is 10.8. The van der Waals surface area contributed by atoms with Crippen molar-refractivity contribution in [1.82, 2.24) is 4.90 Å². The van der Waals surface area contributed by atoms with Crippen LogP contribution in [0.25, 0.3) is 0 Å². The number of hydrogen-bond donors (Lipinski definition) is 0. The van der Waals surface area contributed by atoms with Crippen molar-refractivity contribution in [3.8, 4) is 0 Å². The van der Waals surface area contributed by atoms with Gasteiger partial charge in [0.2, 0.25) is 0 Å². The van der Waals surface area contributed by atoms with Gasteiger partial charge in [0.05, 0.1) is 6.61 Å². The second kappa shape index (κ2) is 9.94. The molecule has 0 amide bonds. The Kier molecular flexibility index (Phi) is 8.54. The highest BCUT2D eigenvalue weighted by atomic mass is 79.9. The molecular formula is C16H24BrNO2. The summed E-state index contributed by atoms with van der Waals surface area (Å²) >= 11 is 3.49. The third-order valence-electron chi connectivity index (χ3n) is 3.07. The van der Waals surface area contributed by atoms with Crippen LogP contribution in [0.1, 0.15) is 38.2 Å². The van der Waals surface area contributed by atoms with Crippen molar-refractivity contribution in [2.45, 2.75) is 39.2 Å². The van der Waals surface area contributed by atoms with Gasteiger partial charge in [-0.2, -0.15) is 0 Å². The number of nitrogens with zero attached hydrogens (tertiary/aromatic N) is 1. The summed E-state index contributed by atoms with van der Waals surface area (Å²) in [4.78, 5) is 13.5. The number of carbonyl (C=O) groups excluding carboxylic acids is 1. The summed E-state index contributed by atoms with van der Waals surface area (Å²) in [5, 5.41) is 0. The van der Waals surface area contributed by atoms with Gasteiger partial charge in [0.15, 0.2) is 0 Å². The number of unbranched alkanes of at least 4 members (excludes halogenated alkanes) is 2. The Morgan fingerprint density at radius 1 is 1.30 bits per heavy atom. The average molecular weight is 342 g/mol. The summed E-state index contributed by atoms with van der Waals surface area (Å²) in [6, 6.07) is 8.39. The number of ether oxygens (including phenoxy) is 1. The molecule has 0 spiro atoms. The zero-order chi connectivity index (χ0) is 14.8. The van der Waals surface area contributed by atoms with Gasteiger partial charge in [0, 0.05) is 17.4 Å². The fourth-order valence-corrected chi connectivity index (χ4v) is 2.53. The molecule has 20 heavy (non-hydrogen) atoms. The molecule has 0 aromatic heterocycles. The van der Waals surface area contributed by atoms with Gasteiger partial charge in [-0.05, 0) is 51.1 Å². The third kappa shape index (κ3) is 7.65. The van der Waals surface area contributed by atoms with Crippen molar-refractivity contribution in [2.24, 2.45) is 0 Å². The van der Waals surface area contributed by atoms with Crippen LogP contribution in [0.4, 0.5) is 0 Å². The zero-order valence-corrected chi connectivity index (χ0v) is 14.0. The highest BCUT2D eigenvalue weighted by Crippen LogP contribution is 2.13. The molecule has 0 aliphatic rings. The quantitative estimate of drug-likeness (QED) is 0.502. The van der Waals surface area contributed by atoms with Crippen molar-refractivity contribution in [3.05, 3.63) is 34.3 Å². The van der Waals surface area contributed by atoms with E-state index < -0.39 is 0 Å². The predicted octanol–water partition coefficient (Wildman–Crippen LogP) is 4.00. The molecule has 112 valence electrons. The Morgan fingerprint density at radius 2 is 2.10 bits per heavy atom. The van der Waals surface area contributed by atoms with Gasteiger partial charge in [-0.1, -0.05) is 34.5 Å². The van der Waals surface area contributed by atoms with E-state index in [-0.39, 0.29) is 5.97 Å². The van der Waals surface area contributed by atoms with Crippen LogP contribution in [0.15, 0.2) is 28.7 Å². The molecule has 0 saturated heterocycles. The Morgan fingerprint density at radius 3 is 2.80 bits per heavy atom. The van der Waals surface area contributed by atoms with Crippen molar-refractivity contribution in [1.29, 1.82) is 0 Å². The lowest BCUT2D eigenvalue weighted by molar-refractivity contribution is -0.143. The van der Waals surface area contributed by atoms with Crippen LogP contribution in [0.2, 0.25) is 0 Å². The van der Waals surface area contributed by atoms with Gasteiger partial charge in [0.25, 0.3) is 0 Å². The van der Waals surface area contributed by atoms with E-state index in [9.17, 15) is 4.79 Å². The SMILES string of the molecule is CCOC(=O)CCCCCN(C)Cc1cccc(Br)c1. The topological polar surface area (TPSA) is 29.5 Å². The summed E-state index contributed by atoms with van der Waals surface area (Å²) in [7, 11) is 2.13. The zero-order valence-electron chi connectivity index (χ0n) is 12.4. The first-order valence-electron chi connectivity index (χ1n) is 7.20. The molecule has 0 aliphatic carbocycles. The smallest absolute Gasteiger partial charge is 0.305 e. The number of halogens is 1. The second-order valence-corrected chi connectivity index (χ2v) is 5.90. The van der Waals surface area contributed by atoms with Crippen LogP contribution in [-0.4, -0.2) is 31.1 Å². The fourth-order valence-electron chi connectivity index (χ4n) is 2.09. The second-order valence-electron chi connectivity index (χ2n) is 4.98. The molecule has 0 atom stereocenters. The number of rotatable bonds is 9. The molecule has 0 N–H and O–H groups in total. The van der Waals surface area contributed by atoms with E-state index >= 15 is 0 Å². The summed E-state index contributed by atoms with van der Waals surface area (Å²) in [6.07, 6.45) is 3.65. The summed E-state index contributed by atoms with van der Waals surface area (Å²) in [6.45, 7) is 4.33. The molecule has 0 bridgehead atoms. The van der Waals surface area contributed by atoms with Crippen LogP contribution >= 0.6 is 15.9 Å². The monoisotopic (exact) mass is 341 g/mol. The average Bonchev–Trinajstić information content (AvgIpc) is 2.38. The third-order valence-corrected chi connectivity index (χ3v) is 3.56. The molecule has 4 heteroatoms. The van der Waals surface area contributed by atoms with E-state index in [2.05, 4.69) is 46.1 Å². The Balaban J connectivity index is 2.11. The Bertz CT molecular complexity index is 409. The maximum atomic E-state index is 11.2. The number of hydrogen-bond acceptors (Lipinski definition) is 3. The Hall–Kier alpha value is -0.870. The lowest BCUT2D eigenvalue weighted by atomic mass is 10.1. The van der Waals surface area contributed by atoms with Crippen LogP contribution in [0, 0.1) is 0 Å². The molecule has 1 aromatic rings. The minimum Gasteiger partial charge on any atom is -0.466 e. The maximum Gasteiger partial charge on any atom is 0.305 e. The molecule has 1 rings (SSSR count). The first-order chi connectivity index (χ1) is 9.61. The summed E-state index contributed by atoms with van der Waals surface area (Å²) in [5.41, 5.74) is 1.31. The van der Waals surface area contributed by atoms with Crippen molar-refractivity contribution < 1.29 is 9.53 Å². The Labute approximate surface area is 130 Å². The first-order valence-corrected chi connectivity index (χ1v) is 7.99. The van der Waals surface area contributed by atoms with Crippen molar-refractivity contribution in [2.75, 3.05) is 20.2 Å². The standard InChI is InChI=1S/C16H24BrNO2/c1-3-20-16(19)10-5-4-6-11-18(2)13-14-8-7-9-15(17)12-14/h7-9,12H,3-6,10-11,13H2,1-2H3. The minimum absolute atomic E-state index is 0.0741. The maximum absolute atomic E-state index is 11.2. The van der Waals surface area contributed by atoms with E-state index in [1.165, 1.54) is 5.56 Å². The van der Waals surface area contributed by atoms with Gasteiger partial charge in [0.1, 0.15) is 0 Å². The van der Waals surface area contributed by atoms with E-state index in [0.717, 1.165) is 36.8 Å². The largest absolute Gasteiger partial charge is 0.466 e. The van der Waals surface area contributed by atoms with Gasteiger partial charge in [-0.15, -0.1) is 0 Å². The lowest BCUT2D eigenvalue weighted by Crippen LogP contribution is -2.19. The molecule has 0 unspecified atom stereocenters. The minimum atomic E-state index is -0.0741. The first kappa shape index (κ1) is 17.2. The van der Waals surface area contributed by atoms with E-state index in [1.807, 2.05) is 13.0 Å². The molecule has 0 saturated carbocycles. The fraction of sp³-hybridized carbons (Fsp3) is 0.562. The predicted molar refractivity (Wildman–Crippen MR) is 85.6 cm³/mol. The van der Waals surface area contributed by atoms with Crippen molar-refractivity contribution >= 4 is 21.9 Å². The van der Waals surface area contributed by atoms with Gasteiger partial charge in [-0.3, -0.25) is 4.79 Å². The number of carbonyl (C=O) groups is 1.